The average molecular weight is 416 g/mol. The third-order valence-corrected chi connectivity index (χ3v) is 5.84. The number of aryl methyl sites for hydroxylation is 1. The summed E-state index contributed by atoms with van der Waals surface area (Å²) in [4.78, 5) is 35.2. The lowest BCUT2D eigenvalue weighted by atomic mass is 9.69. The Labute approximate surface area is 172 Å². The van der Waals surface area contributed by atoms with Crippen LogP contribution in [0.15, 0.2) is 30.5 Å². The molecule has 1 aromatic carbocycles. The van der Waals surface area contributed by atoms with Gasteiger partial charge in [0, 0.05) is 30.5 Å². The van der Waals surface area contributed by atoms with Gasteiger partial charge >= 0.3 is 0 Å². The van der Waals surface area contributed by atoms with Crippen LogP contribution in [0.3, 0.4) is 0 Å². The summed E-state index contributed by atoms with van der Waals surface area (Å²) in [5.74, 6) is -1.74. The molecule has 1 aromatic heterocycles. The number of aliphatic hydroxyl groups is 1. The van der Waals surface area contributed by atoms with Crippen LogP contribution >= 0.6 is 0 Å². The number of anilines is 1. The highest BCUT2D eigenvalue weighted by atomic mass is 19.1. The van der Waals surface area contributed by atoms with E-state index < -0.39 is 35.1 Å². The van der Waals surface area contributed by atoms with Gasteiger partial charge in [-0.1, -0.05) is 0 Å². The SMILES string of the molecule is Cc1nccc(C(=O)N[C@@H]2C[C@@H](O)C[C@@]3(CCN(c4cc(F)cc(F)c4)C3=O)C2)n1. The highest BCUT2D eigenvalue weighted by Crippen LogP contribution is 2.46. The molecular formula is C21H22F2N4O3. The van der Waals surface area contributed by atoms with Crippen LogP contribution in [-0.4, -0.2) is 45.6 Å². The van der Waals surface area contributed by atoms with Crippen LogP contribution in [-0.2, 0) is 4.79 Å². The molecule has 9 heteroatoms. The van der Waals surface area contributed by atoms with Crippen molar-refractivity contribution in [3.8, 4) is 0 Å². The highest BCUT2D eigenvalue weighted by Gasteiger charge is 2.52. The van der Waals surface area contributed by atoms with Gasteiger partial charge in [-0.05, 0) is 50.8 Å². The van der Waals surface area contributed by atoms with Crippen molar-refractivity contribution in [3.63, 3.8) is 0 Å². The number of nitrogens with zero attached hydrogens (tertiary/aromatic N) is 3. The predicted molar refractivity (Wildman–Crippen MR) is 104 cm³/mol. The van der Waals surface area contributed by atoms with E-state index >= 15 is 0 Å². The summed E-state index contributed by atoms with van der Waals surface area (Å²) in [7, 11) is 0. The van der Waals surface area contributed by atoms with E-state index in [4.69, 9.17) is 0 Å². The third-order valence-electron chi connectivity index (χ3n) is 5.84. The quantitative estimate of drug-likeness (QED) is 0.799. The van der Waals surface area contributed by atoms with Crippen LogP contribution in [0.25, 0.3) is 0 Å². The minimum absolute atomic E-state index is 0.159. The standard InChI is InChI=1S/C21H22F2N4O3/c1-12-24-4-2-18(25-12)19(29)26-15-9-17(28)11-21(10-15)3-5-27(20(21)30)16-7-13(22)6-14(23)8-16/h2,4,6-8,15,17,28H,3,5,9-11H2,1H3,(H,26,29)/t15-,17-,21-/m1/s1. The summed E-state index contributed by atoms with van der Waals surface area (Å²) in [6, 6.07) is 4.07. The Hall–Kier alpha value is -2.94. The van der Waals surface area contributed by atoms with Crippen molar-refractivity contribution >= 4 is 17.5 Å². The zero-order valence-electron chi connectivity index (χ0n) is 16.4. The number of halogens is 2. The first-order valence-electron chi connectivity index (χ1n) is 9.82. The van der Waals surface area contributed by atoms with Gasteiger partial charge in [0.1, 0.15) is 23.2 Å². The number of benzene rings is 1. The van der Waals surface area contributed by atoms with Crippen molar-refractivity contribution in [1.29, 1.82) is 0 Å². The van der Waals surface area contributed by atoms with E-state index in [9.17, 15) is 23.5 Å². The Kier molecular flexibility index (Phi) is 5.23. The van der Waals surface area contributed by atoms with E-state index in [1.54, 1.807) is 6.92 Å². The minimum atomic E-state index is -0.889. The van der Waals surface area contributed by atoms with E-state index in [1.807, 2.05) is 0 Å². The first kappa shape index (κ1) is 20.3. The lowest BCUT2D eigenvalue weighted by Crippen LogP contribution is -2.50. The molecule has 4 rings (SSSR count). The van der Waals surface area contributed by atoms with Crippen molar-refractivity contribution in [2.45, 2.75) is 44.8 Å². The van der Waals surface area contributed by atoms with Gasteiger partial charge in [0.25, 0.3) is 5.91 Å². The molecule has 1 saturated heterocycles. The van der Waals surface area contributed by atoms with E-state index in [2.05, 4.69) is 15.3 Å². The maximum absolute atomic E-state index is 13.6. The van der Waals surface area contributed by atoms with Gasteiger partial charge in [0.15, 0.2) is 0 Å². The van der Waals surface area contributed by atoms with Crippen LogP contribution in [0.4, 0.5) is 14.5 Å². The molecule has 1 aliphatic heterocycles. The number of aromatic nitrogens is 2. The molecule has 1 saturated carbocycles. The van der Waals surface area contributed by atoms with E-state index in [1.165, 1.54) is 17.2 Å². The number of carbonyl (C=O) groups excluding carboxylic acids is 2. The van der Waals surface area contributed by atoms with Crippen molar-refractivity contribution in [2.24, 2.45) is 5.41 Å². The molecule has 0 radical (unpaired) electrons. The van der Waals surface area contributed by atoms with Crippen LogP contribution in [0.5, 0.6) is 0 Å². The zero-order chi connectivity index (χ0) is 21.5. The van der Waals surface area contributed by atoms with E-state index in [0.717, 1.165) is 18.2 Å². The highest BCUT2D eigenvalue weighted by molar-refractivity contribution is 6.00. The van der Waals surface area contributed by atoms with Crippen LogP contribution in [0.1, 0.15) is 42.0 Å². The normalized spacial score (nSPS) is 26.3. The van der Waals surface area contributed by atoms with Gasteiger partial charge in [0.2, 0.25) is 5.91 Å². The minimum Gasteiger partial charge on any atom is -0.393 e. The first-order chi connectivity index (χ1) is 14.3. The zero-order valence-corrected chi connectivity index (χ0v) is 16.4. The van der Waals surface area contributed by atoms with Gasteiger partial charge < -0.3 is 15.3 Å². The molecule has 2 heterocycles. The molecule has 7 nitrogen and oxygen atoms in total. The van der Waals surface area contributed by atoms with Crippen LogP contribution in [0.2, 0.25) is 0 Å². The molecule has 2 N–H and O–H groups in total. The topological polar surface area (TPSA) is 95.4 Å². The van der Waals surface area contributed by atoms with Crippen molar-refractivity contribution < 1.29 is 23.5 Å². The molecule has 2 aliphatic rings. The van der Waals surface area contributed by atoms with E-state index in [0.29, 0.717) is 31.6 Å². The number of nitrogens with one attached hydrogen (secondary N) is 1. The summed E-state index contributed by atoms with van der Waals surface area (Å²) in [5, 5.41) is 13.3. The second-order valence-corrected chi connectivity index (χ2v) is 8.07. The van der Waals surface area contributed by atoms with Gasteiger partial charge in [-0.3, -0.25) is 9.59 Å². The second-order valence-electron chi connectivity index (χ2n) is 8.07. The molecule has 158 valence electrons. The molecule has 1 spiro atoms. The molecule has 2 fully saturated rings. The molecular weight excluding hydrogens is 394 g/mol. The largest absolute Gasteiger partial charge is 0.393 e. The summed E-state index contributed by atoms with van der Waals surface area (Å²) in [6.45, 7) is 1.97. The Balaban J connectivity index is 1.52. The number of carbonyl (C=O) groups is 2. The summed E-state index contributed by atoms with van der Waals surface area (Å²) in [6.07, 6.45) is 2.06. The van der Waals surface area contributed by atoms with Gasteiger partial charge in [-0.25, -0.2) is 18.7 Å². The van der Waals surface area contributed by atoms with Crippen molar-refractivity contribution in [1.82, 2.24) is 15.3 Å². The number of rotatable bonds is 3. The molecule has 1 aliphatic carbocycles. The van der Waals surface area contributed by atoms with Gasteiger partial charge in [-0.2, -0.15) is 0 Å². The summed E-state index contributed by atoms with van der Waals surface area (Å²) in [5.41, 5.74) is -0.516. The number of hydrogen-bond acceptors (Lipinski definition) is 5. The van der Waals surface area contributed by atoms with Crippen molar-refractivity contribution in [3.05, 3.63) is 53.6 Å². The van der Waals surface area contributed by atoms with Crippen molar-refractivity contribution in [2.75, 3.05) is 11.4 Å². The van der Waals surface area contributed by atoms with E-state index in [-0.39, 0.29) is 23.7 Å². The predicted octanol–water partition coefficient (Wildman–Crippen LogP) is 2.13. The molecule has 2 aromatic rings. The van der Waals surface area contributed by atoms with Gasteiger partial charge in [-0.15, -0.1) is 0 Å². The Morgan fingerprint density at radius 1 is 1.27 bits per heavy atom. The Morgan fingerprint density at radius 3 is 2.70 bits per heavy atom. The molecule has 0 unspecified atom stereocenters. The fourth-order valence-electron chi connectivity index (χ4n) is 4.59. The molecule has 3 atom stereocenters. The fraction of sp³-hybridized carbons (Fsp3) is 0.429. The third kappa shape index (κ3) is 3.89. The van der Waals surface area contributed by atoms with Gasteiger partial charge in [0.05, 0.1) is 11.5 Å². The monoisotopic (exact) mass is 416 g/mol. The van der Waals surface area contributed by atoms with Crippen LogP contribution < -0.4 is 10.2 Å². The lowest BCUT2D eigenvalue weighted by Gasteiger charge is -2.39. The summed E-state index contributed by atoms with van der Waals surface area (Å²) < 4.78 is 27.2. The maximum Gasteiger partial charge on any atom is 0.270 e. The van der Waals surface area contributed by atoms with Crippen LogP contribution in [0, 0.1) is 24.0 Å². The Morgan fingerprint density at radius 2 is 2.00 bits per heavy atom. The number of amides is 2. The second kappa shape index (κ2) is 7.71. The number of hydrogen-bond donors (Lipinski definition) is 2. The number of aliphatic hydroxyl groups excluding tert-OH is 1. The smallest absolute Gasteiger partial charge is 0.270 e. The first-order valence-corrected chi connectivity index (χ1v) is 9.82. The fourth-order valence-corrected chi connectivity index (χ4v) is 4.59. The average Bonchev–Trinajstić information content (AvgIpc) is 2.96. The molecule has 30 heavy (non-hydrogen) atoms. The molecule has 0 bridgehead atoms. The summed E-state index contributed by atoms with van der Waals surface area (Å²) >= 11 is 0. The molecule has 2 amide bonds. The lowest BCUT2D eigenvalue weighted by molar-refractivity contribution is -0.130. The Bertz CT molecular complexity index is 982. The maximum atomic E-state index is 13.6.